The SMILES string of the molecule is CN(C)c1ccc(C(=O)N[C@H]2CCN(Cc3ccc(F)cc3)C2=O)cn1. The van der Waals surface area contributed by atoms with Crippen LogP contribution in [0.1, 0.15) is 22.3 Å². The van der Waals surface area contributed by atoms with Gasteiger partial charge in [0.05, 0.1) is 5.56 Å². The van der Waals surface area contributed by atoms with Crippen molar-refractivity contribution in [3.8, 4) is 0 Å². The van der Waals surface area contributed by atoms with Gasteiger partial charge in [0.1, 0.15) is 17.7 Å². The normalized spacial score (nSPS) is 16.7. The van der Waals surface area contributed by atoms with Gasteiger partial charge in [-0.25, -0.2) is 9.37 Å². The fourth-order valence-electron chi connectivity index (χ4n) is 2.87. The molecule has 1 aliphatic heterocycles. The third kappa shape index (κ3) is 3.99. The van der Waals surface area contributed by atoms with E-state index in [1.54, 1.807) is 29.2 Å². The zero-order valence-corrected chi connectivity index (χ0v) is 14.8. The highest BCUT2D eigenvalue weighted by molar-refractivity contribution is 5.97. The number of halogens is 1. The van der Waals surface area contributed by atoms with E-state index in [0.717, 1.165) is 11.4 Å². The Bertz CT molecular complexity index is 790. The number of aromatic nitrogens is 1. The number of nitrogens with zero attached hydrogens (tertiary/aromatic N) is 3. The summed E-state index contributed by atoms with van der Waals surface area (Å²) in [7, 11) is 3.74. The van der Waals surface area contributed by atoms with Gasteiger partial charge in [-0.2, -0.15) is 0 Å². The van der Waals surface area contributed by atoms with Crippen LogP contribution in [-0.2, 0) is 11.3 Å². The van der Waals surface area contributed by atoms with Crippen LogP contribution >= 0.6 is 0 Å². The van der Waals surface area contributed by atoms with Gasteiger partial charge in [-0.1, -0.05) is 12.1 Å². The molecule has 2 amide bonds. The molecule has 0 radical (unpaired) electrons. The van der Waals surface area contributed by atoms with Crippen molar-refractivity contribution in [3.63, 3.8) is 0 Å². The lowest BCUT2D eigenvalue weighted by atomic mass is 10.2. The number of carbonyl (C=O) groups is 2. The number of amides is 2. The third-order valence-electron chi connectivity index (χ3n) is 4.36. The van der Waals surface area contributed by atoms with Gasteiger partial charge in [0.2, 0.25) is 5.91 Å². The van der Waals surface area contributed by atoms with Crippen molar-refractivity contribution in [2.75, 3.05) is 25.5 Å². The molecule has 0 bridgehead atoms. The third-order valence-corrected chi connectivity index (χ3v) is 4.36. The lowest BCUT2D eigenvalue weighted by Gasteiger charge is -2.17. The molecule has 0 unspecified atom stereocenters. The van der Waals surface area contributed by atoms with E-state index in [1.165, 1.54) is 18.3 Å². The molecule has 1 fully saturated rings. The van der Waals surface area contributed by atoms with Crippen molar-refractivity contribution in [2.45, 2.75) is 19.0 Å². The van der Waals surface area contributed by atoms with E-state index in [2.05, 4.69) is 10.3 Å². The van der Waals surface area contributed by atoms with Gasteiger partial charge in [-0.05, 0) is 36.2 Å². The number of carbonyl (C=O) groups excluding carboxylic acids is 2. The molecule has 2 heterocycles. The zero-order chi connectivity index (χ0) is 18.7. The number of pyridine rings is 1. The monoisotopic (exact) mass is 356 g/mol. The number of hydrogen-bond acceptors (Lipinski definition) is 4. The fourth-order valence-corrected chi connectivity index (χ4v) is 2.87. The minimum absolute atomic E-state index is 0.124. The van der Waals surface area contributed by atoms with Gasteiger partial charge >= 0.3 is 0 Å². The predicted octanol–water partition coefficient (Wildman–Crippen LogP) is 1.82. The summed E-state index contributed by atoms with van der Waals surface area (Å²) in [6, 6.07) is 8.97. The topological polar surface area (TPSA) is 65.5 Å². The first kappa shape index (κ1) is 17.8. The molecular weight excluding hydrogens is 335 g/mol. The molecule has 26 heavy (non-hydrogen) atoms. The Hall–Kier alpha value is -2.96. The maximum atomic E-state index is 13.0. The molecule has 6 nitrogen and oxygen atoms in total. The molecule has 0 aliphatic carbocycles. The molecule has 1 aliphatic rings. The number of likely N-dealkylation sites (tertiary alicyclic amines) is 1. The van der Waals surface area contributed by atoms with Gasteiger partial charge in [0.15, 0.2) is 0 Å². The molecule has 136 valence electrons. The largest absolute Gasteiger partial charge is 0.363 e. The smallest absolute Gasteiger partial charge is 0.253 e. The lowest BCUT2D eigenvalue weighted by molar-refractivity contribution is -0.129. The van der Waals surface area contributed by atoms with E-state index in [0.29, 0.717) is 25.1 Å². The molecule has 0 saturated carbocycles. The Kier molecular flexibility index (Phi) is 5.16. The number of rotatable bonds is 5. The van der Waals surface area contributed by atoms with Crippen LogP contribution < -0.4 is 10.2 Å². The summed E-state index contributed by atoms with van der Waals surface area (Å²) >= 11 is 0. The van der Waals surface area contributed by atoms with Crippen molar-refractivity contribution in [1.82, 2.24) is 15.2 Å². The minimum atomic E-state index is -0.545. The van der Waals surface area contributed by atoms with Crippen molar-refractivity contribution in [2.24, 2.45) is 0 Å². The maximum Gasteiger partial charge on any atom is 0.253 e. The first-order valence-electron chi connectivity index (χ1n) is 8.41. The Morgan fingerprint density at radius 3 is 2.62 bits per heavy atom. The Labute approximate surface area is 151 Å². The Morgan fingerprint density at radius 1 is 1.27 bits per heavy atom. The number of nitrogens with one attached hydrogen (secondary N) is 1. The van der Waals surface area contributed by atoms with Crippen LogP contribution in [0.4, 0.5) is 10.2 Å². The predicted molar refractivity (Wildman–Crippen MR) is 96.3 cm³/mol. The standard InChI is InChI=1S/C19H21FN4O2/c1-23(2)17-8-5-14(11-21-17)18(25)22-16-9-10-24(19(16)26)12-13-3-6-15(20)7-4-13/h3-8,11,16H,9-10,12H2,1-2H3,(H,22,25)/t16-/m0/s1. The van der Waals surface area contributed by atoms with Crippen molar-refractivity contribution >= 4 is 17.6 Å². The minimum Gasteiger partial charge on any atom is -0.363 e. The second kappa shape index (κ2) is 7.51. The lowest BCUT2D eigenvalue weighted by Crippen LogP contribution is -2.41. The summed E-state index contributed by atoms with van der Waals surface area (Å²) < 4.78 is 13.0. The van der Waals surface area contributed by atoms with Crippen molar-refractivity contribution in [1.29, 1.82) is 0 Å². The van der Waals surface area contributed by atoms with Gasteiger partial charge in [0, 0.05) is 33.4 Å². The van der Waals surface area contributed by atoms with Crippen LogP contribution in [-0.4, -0.2) is 48.4 Å². The quantitative estimate of drug-likeness (QED) is 0.888. The Morgan fingerprint density at radius 2 is 2.00 bits per heavy atom. The highest BCUT2D eigenvalue weighted by Gasteiger charge is 2.32. The van der Waals surface area contributed by atoms with E-state index in [9.17, 15) is 14.0 Å². The summed E-state index contributed by atoms with van der Waals surface area (Å²) in [4.78, 5) is 32.6. The molecule has 1 aromatic heterocycles. The number of hydrogen-bond donors (Lipinski definition) is 1. The van der Waals surface area contributed by atoms with Crippen LogP contribution in [0.3, 0.4) is 0 Å². The molecule has 1 atom stereocenters. The van der Waals surface area contributed by atoms with E-state index in [1.807, 2.05) is 19.0 Å². The van der Waals surface area contributed by atoms with Gasteiger partial charge in [-0.3, -0.25) is 9.59 Å². The average Bonchev–Trinajstić information content (AvgIpc) is 2.97. The second-order valence-corrected chi connectivity index (χ2v) is 6.50. The van der Waals surface area contributed by atoms with Crippen LogP contribution in [0.2, 0.25) is 0 Å². The molecule has 1 aromatic carbocycles. The van der Waals surface area contributed by atoms with Crippen LogP contribution in [0.15, 0.2) is 42.6 Å². The van der Waals surface area contributed by atoms with Gasteiger partial charge in [-0.15, -0.1) is 0 Å². The zero-order valence-electron chi connectivity index (χ0n) is 14.8. The number of anilines is 1. The highest BCUT2D eigenvalue weighted by atomic mass is 19.1. The van der Waals surface area contributed by atoms with Crippen LogP contribution in [0, 0.1) is 5.82 Å². The average molecular weight is 356 g/mol. The van der Waals surface area contributed by atoms with Crippen molar-refractivity contribution < 1.29 is 14.0 Å². The van der Waals surface area contributed by atoms with E-state index < -0.39 is 6.04 Å². The first-order chi connectivity index (χ1) is 12.4. The molecule has 1 saturated heterocycles. The summed E-state index contributed by atoms with van der Waals surface area (Å²) in [5.74, 6) is 0.00910. The van der Waals surface area contributed by atoms with Crippen LogP contribution in [0.5, 0.6) is 0 Å². The highest BCUT2D eigenvalue weighted by Crippen LogP contribution is 2.16. The van der Waals surface area contributed by atoms with Gasteiger partial charge in [0.25, 0.3) is 5.91 Å². The van der Waals surface area contributed by atoms with E-state index in [-0.39, 0.29) is 17.6 Å². The van der Waals surface area contributed by atoms with Crippen molar-refractivity contribution in [3.05, 3.63) is 59.5 Å². The Balaban J connectivity index is 1.59. The summed E-state index contributed by atoms with van der Waals surface area (Å²) in [5, 5.41) is 2.77. The van der Waals surface area contributed by atoms with Crippen LogP contribution in [0.25, 0.3) is 0 Å². The fraction of sp³-hybridized carbons (Fsp3) is 0.316. The second-order valence-electron chi connectivity index (χ2n) is 6.50. The maximum absolute atomic E-state index is 13.0. The molecule has 0 spiro atoms. The summed E-state index contributed by atoms with van der Waals surface area (Å²) in [6.07, 6.45) is 2.05. The molecular formula is C19H21FN4O2. The molecule has 3 rings (SSSR count). The summed E-state index contributed by atoms with van der Waals surface area (Å²) in [6.45, 7) is 0.962. The molecule has 2 aromatic rings. The van der Waals surface area contributed by atoms with E-state index >= 15 is 0 Å². The van der Waals surface area contributed by atoms with E-state index in [4.69, 9.17) is 0 Å². The molecule has 7 heteroatoms. The summed E-state index contributed by atoms with van der Waals surface area (Å²) in [5.41, 5.74) is 1.27. The number of benzene rings is 1. The molecule has 1 N–H and O–H groups in total. The first-order valence-corrected chi connectivity index (χ1v) is 8.41. The van der Waals surface area contributed by atoms with Gasteiger partial charge < -0.3 is 15.1 Å².